The monoisotopic (exact) mass is 615 g/mol. The van der Waals surface area contributed by atoms with Gasteiger partial charge < -0.3 is 30.9 Å². The van der Waals surface area contributed by atoms with E-state index in [0.717, 1.165) is 11.3 Å². The molecule has 0 aliphatic carbocycles. The Morgan fingerprint density at radius 1 is 1.05 bits per heavy atom. The summed E-state index contributed by atoms with van der Waals surface area (Å²) in [4.78, 5) is 41.7. The minimum Gasteiger partial charge on any atom is -0.464 e. The molecule has 0 aromatic heterocycles. The molecule has 1 unspecified atom stereocenters. The number of benzene rings is 2. The molecule has 9 nitrogen and oxygen atoms in total. The fourth-order valence-corrected chi connectivity index (χ4v) is 5.33. The third-order valence-corrected chi connectivity index (χ3v) is 7.49. The maximum absolute atomic E-state index is 13.5. The molecule has 1 saturated heterocycles. The maximum Gasteiger partial charge on any atom is 0.418 e. The number of rotatable bonds is 6. The van der Waals surface area contributed by atoms with Crippen molar-refractivity contribution in [1.29, 1.82) is 0 Å². The van der Waals surface area contributed by atoms with Gasteiger partial charge in [-0.1, -0.05) is 18.2 Å². The Labute approximate surface area is 243 Å². The van der Waals surface area contributed by atoms with Gasteiger partial charge in [0.25, 0.3) is 0 Å². The Bertz CT molecular complexity index is 1320. The molecule has 0 radical (unpaired) electrons. The summed E-state index contributed by atoms with van der Waals surface area (Å²) >= 11 is 0. The second kappa shape index (κ2) is 12.6. The lowest BCUT2D eigenvalue weighted by atomic mass is 9.97. The highest BCUT2D eigenvalue weighted by atomic mass is 19.4. The van der Waals surface area contributed by atoms with Gasteiger partial charge in [-0.05, 0) is 55.5 Å². The molecule has 234 valence electrons. The number of carbonyl (C=O) groups excluding carboxylic acids is 3. The van der Waals surface area contributed by atoms with Gasteiger partial charge in [-0.15, -0.1) is 0 Å². The predicted octanol–water partition coefficient (Wildman–Crippen LogP) is 5.04. The predicted molar refractivity (Wildman–Crippen MR) is 144 cm³/mol. The zero-order chi connectivity index (χ0) is 31.5. The third-order valence-electron chi connectivity index (χ3n) is 7.49. The number of ether oxygens (including phenoxy) is 1. The second-order valence-electron chi connectivity index (χ2n) is 10.3. The van der Waals surface area contributed by atoms with Crippen LogP contribution in [0.5, 0.6) is 0 Å². The molecular formula is C28H31F6N5O4. The van der Waals surface area contributed by atoms with Crippen LogP contribution in [-0.4, -0.2) is 66.2 Å². The first-order valence-corrected chi connectivity index (χ1v) is 13.6. The van der Waals surface area contributed by atoms with Gasteiger partial charge in [-0.3, -0.25) is 0 Å². The summed E-state index contributed by atoms with van der Waals surface area (Å²) < 4.78 is 86.0. The summed E-state index contributed by atoms with van der Waals surface area (Å²) in [5.74, 6) is -1.02. The van der Waals surface area contributed by atoms with Crippen LogP contribution in [0.25, 0.3) is 0 Å². The van der Waals surface area contributed by atoms with Crippen LogP contribution in [0.2, 0.25) is 0 Å². The Morgan fingerprint density at radius 2 is 1.65 bits per heavy atom. The zero-order valence-corrected chi connectivity index (χ0v) is 23.1. The van der Waals surface area contributed by atoms with E-state index in [-0.39, 0.29) is 31.8 Å². The number of urea groups is 2. The molecule has 1 atom stereocenters. The van der Waals surface area contributed by atoms with Crippen LogP contribution in [0.15, 0.2) is 36.4 Å². The van der Waals surface area contributed by atoms with Gasteiger partial charge in [0.15, 0.2) is 0 Å². The van der Waals surface area contributed by atoms with Crippen molar-refractivity contribution in [3.8, 4) is 0 Å². The van der Waals surface area contributed by atoms with E-state index in [1.807, 2.05) is 24.3 Å². The minimum atomic E-state index is -5.19. The molecule has 2 heterocycles. The molecule has 2 aromatic rings. The average Bonchev–Trinajstić information content (AvgIpc) is 3.10. The van der Waals surface area contributed by atoms with Crippen molar-refractivity contribution >= 4 is 29.4 Å². The van der Waals surface area contributed by atoms with Crippen LogP contribution in [0.1, 0.15) is 42.0 Å². The molecule has 0 bridgehead atoms. The number of hydrogen-bond acceptors (Lipinski definition) is 5. The first-order chi connectivity index (χ1) is 20.2. The second-order valence-corrected chi connectivity index (χ2v) is 10.3. The summed E-state index contributed by atoms with van der Waals surface area (Å²) in [7, 11) is 0. The van der Waals surface area contributed by atoms with E-state index in [4.69, 9.17) is 10.5 Å². The number of carbonyl (C=O) groups is 3. The minimum absolute atomic E-state index is 0.137. The van der Waals surface area contributed by atoms with Crippen molar-refractivity contribution in [2.45, 2.75) is 57.0 Å². The number of para-hydroxylation sites is 1. The number of nitrogens with zero attached hydrogens (tertiary/aromatic N) is 2. The van der Waals surface area contributed by atoms with Crippen molar-refractivity contribution in [2.24, 2.45) is 0 Å². The largest absolute Gasteiger partial charge is 0.464 e. The molecule has 2 aliphatic heterocycles. The van der Waals surface area contributed by atoms with E-state index in [0.29, 0.717) is 37.9 Å². The van der Waals surface area contributed by atoms with Crippen molar-refractivity contribution < 1.29 is 45.5 Å². The fraction of sp³-hybridized carbons (Fsp3) is 0.464. The molecule has 4 N–H and O–H groups in total. The van der Waals surface area contributed by atoms with E-state index in [1.165, 1.54) is 11.8 Å². The summed E-state index contributed by atoms with van der Waals surface area (Å²) in [6, 6.07) is 5.58. The Morgan fingerprint density at radius 3 is 2.23 bits per heavy atom. The Hall–Kier alpha value is -4.17. The molecule has 4 amide bonds. The summed E-state index contributed by atoms with van der Waals surface area (Å²) in [5.41, 5.74) is 1.56. The van der Waals surface area contributed by atoms with Crippen LogP contribution >= 0.6 is 0 Å². The number of piperidine rings is 1. The number of amides is 4. The molecule has 1 fully saturated rings. The number of esters is 1. The van der Waals surface area contributed by atoms with Crippen LogP contribution in [0.4, 0.5) is 47.3 Å². The molecule has 2 aliphatic rings. The lowest BCUT2D eigenvalue weighted by molar-refractivity contribution is -0.145. The van der Waals surface area contributed by atoms with E-state index >= 15 is 0 Å². The number of nitrogens with one attached hydrogen (secondary N) is 2. The summed E-state index contributed by atoms with van der Waals surface area (Å²) in [6.45, 7) is 2.20. The van der Waals surface area contributed by atoms with Crippen LogP contribution in [-0.2, 0) is 34.7 Å². The van der Waals surface area contributed by atoms with Crippen LogP contribution in [0.3, 0.4) is 0 Å². The van der Waals surface area contributed by atoms with E-state index in [9.17, 15) is 40.7 Å². The molecule has 0 spiro atoms. The van der Waals surface area contributed by atoms with Crippen LogP contribution < -0.4 is 16.4 Å². The van der Waals surface area contributed by atoms with Crippen molar-refractivity contribution in [3.05, 3.63) is 58.7 Å². The van der Waals surface area contributed by atoms with Gasteiger partial charge >= 0.3 is 30.4 Å². The molecule has 2 aromatic carbocycles. The lowest BCUT2D eigenvalue weighted by Gasteiger charge is -2.38. The SMILES string of the molecule is CCOC(=O)C(Cc1cc(C(F)(F)F)c(N)c(C(F)(F)F)c1)NC(=O)N1CCC(N2CCc3ccccc3NC2=O)CC1. The van der Waals surface area contributed by atoms with Gasteiger partial charge in [0.05, 0.1) is 23.4 Å². The number of nitrogens with two attached hydrogens (primary N) is 1. The molecular weight excluding hydrogens is 584 g/mol. The third kappa shape index (κ3) is 7.43. The quantitative estimate of drug-likeness (QED) is 0.239. The average molecular weight is 616 g/mol. The smallest absolute Gasteiger partial charge is 0.418 e. The molecule has 0 saturated carbocycles. The number of hydrogen-bond donors (Lipinski definition) is 3. The summed E-state index contributed by atoms with van der Waals surface area (Å²) in [6.07, 6.45) is -9.61. The van der Waals surface area contributed by atoms with E-state index in [1.54, 1.807) is 4.90 Å². The topological polar surface area (TPSA) is 117 Å². The van der Waals surface area contributed by atoms with Crippen molar-refractivity contribution in [3.63, 3.8) is 0 Å². The number of anilines is 2. The maximum atomic E-state index is 13.5. The highest BCUT2D eigenvalue weighted by Crippen LogP contribution is 2.42. The first kappa shape index (κ1) is 31.8. The van der Waals surface area contributed by atoms with Gasteiger partial charge in [-0.2, -0.15) is 26.3 Å². The highest BCUT2D eigenvalue weighted by Gasteiger charge is 2.41. The van der Waals surface area contributed by atoms with E-state index in [2.05, 4.69) is 10.6 Å². The van der Waals surface area contributed by atoms with Gasteiger partial charge in [-0.25, -0.2) is 14.4 Å². The van der Waals surface area contributed by atoms with Crippen LogP contribution in [0, 0.1) is 0 Å². The Kier molecular flexibility index (Phi) is 9.30. The van der Waals surface area contributed by atoms with E-state index < -0.39 is 59.2 Å². The first-order valence-electron chi connectivity index (χ1n) is 13.6. The number of nitrogen functional groups attached to an aromatic ring is 1. The molecule has 4 rings (SSSR count). The lowest BCUT2D eigenvalue weighted by Crippen LogP contribution is -2.54. The number of halogens is 6. The van der Waals surface area contributed by atoms with Crippen molar-refractivity contribution in [1.82, 2.24) is 15.1 Å². The zero-order valence-electron chi connectivity index (χ0n) is 23.1. The summed E-state index contributed by atoms with van der Waals surface area (Å²) in [5, 5.41) is 5.30. The highest BCUT2D eigenvalue weighted by molar-refractivity contribution is 5.91. The van der Waals surface area contributed by atoms with Crippen molar-refractivity contribution in [2.75, 3.05) is 37.3 Å². The number of fused-ring (bicyclic) bond motifs is 1. The molecule has 43 heavy (non-hydrogen) atoms. The number of alkyl halides is 6. The Balaban J connectivity index is 1.45. The fourth-order valence-electron chi connectivity index (χ4n) is 5.33. The van der Waals surface area contributed by atoms with Gasteiger partial charge in [0, 0.05) is 37.8 Å². The van der Waals surface area contributed by atoms with Gasteiger partial charge in [0.2, 0.25) is 0 Å². The van der Waals surface area contributed by atoms with Gasteiger partial charge in [0.1, 0.15) is 6.04 Å². The standard InChI is InChI=1S/C28H31F6N5O4/c1-2-43-24(40)22(15-16-13-19(27(29,30)31)23(35)20(14-16)28(32,33)34)37-25(41)38-10-8-18(9-11-38)39-12-7-17-5-3-4-6-21(17)36-26(39)42/h3-6,13-14,18,22H,2,7-12,15,35H2,1H3,(H,36,42)(H,37,41). The normalized spacial score (nSPS) is 17.0. The number of likely N-dealkylation sites (tertiary alicyclic amines) is 1. The molecule has 15 heteroatoms.